The maximum Gasteiger partial charge on any atom is 0.227 e. The minimum atomic E-state index is -0.411. The number of nitrogens with one attached hydrogen (secondary N) is 1. The number of amides is 2. The summed E-state index contributed by atoms with van der Waals surface area (Å²) < 4.78 is 16.0. The molecule has 1 heterocycles. The van der Waals surface area contributed by atoms with Crippen molar-refractivity contribution in [2.75, 3.05) is 32.3 Å². The summed E-state index contributed by atoms with van der Waals surface area (Å²) in [6.45, 7) is 3.94. The fourth-order valence-corrected chi connectivity index (χ4v) is 3.43. The molecule has 0 saturated carbocycles. The molecule has 1 aliphatic heterocycles. The van der Waals surface area contributed by atoms with Gasteiger partial charge >= 0.3 is 0 Å². The van der Waals surface area contributed by atoms with Gasteiger partial charge < -0.3 is 24.4 Å². The van der Waals surface area contributed by atoms with Crippen LogP contribution in [-0.2, 0) is 27.5 Å². The van der Waals surface area contributed by atoms with E-state index in [0.717, 1.165) is 11.1 Å². The lowest BCUT2D eigenvalue weighted by Gasteiger charge is -2.20. The third-order valence-corrected chi connectivity index (χ3v) is 5.14. The molecule has 2 amide bonds. The van der Waals surface area contributed by atoms with E-state index in [4.69, 9.17) is 14.2 Å². The number of carbonyl (C=O) groups is 2. The van der Waals surface area contributed by atoms with Crippen molar-refractivity contribution >= 4 is 17.5 Å². The molecule has 0 radical (unpaired) electrons. The van der Waals surface area contributed by atoms with Crippen molar-refractivity contribution in [2.24, 2.45) is 5.92 Å². The minimum absolute atomic E-state index is 0.109. The van der Waals surface area contributed by atoms with Crippen molar-refractivity contribution in [1.82, 2.24) is 5.32 Å². The SMILES string of the molecule is CCOCc1ccc(CNC(=O)C2CC(=O)N(c3cc(OC)ccc3OC)C2)cc1. The molecule has 3 rings (SSSR count). The zero-order valence-electron chi connectivity index (χ0n) is 17.6. The Balaban J connectivity index is 1.60. The van der Waals surface area contributed by atoms with Gasteiger partial charge in [0.25, 0.3) is 0 Å². The molecule has 7 nitrogen and oxygen atoms in total. The summed E-state index contributed by atoms with van der Waals surface area (Å²) in [4.78, 5) is 26.8. The van der Waals surface area contributed by atoms with Crippen LogP contribution in [0, 0.1) is 5.92 Å². The molecule has 1 atom stereocenters. The van der Waals surface area contributed by atoms with Gasteiger partial charge in [0.05, 0.1) is 32.4 Å². The third kappa shape index (κ3) is 5.10. The lowest BCUT2D eigenvalue weighted by Crippen LogP contribution is -2.32. The van der Waals surface area contributed by atoms with Crippen LogP contribution in [0.2, 0.25) is 0 Å². The summed E-state index contributed by atoms with van der Waals surface area (Å²) in [5.74, 6) is 0.537. The first-order valence-electron chi connectivity index (χ1n) is 10.0. The van der Waals surface area contributed by atoms with Gasteiger partial charge in [0.15, 0.2) is 0 Å². The zero-order valence-corrected chi connectivity index (χ0v) is 17.6. The van der Waals surface area contributed by atoms with E-state index in [1.54, 1.807) is 37.3 Å². The van der Waals surface area contributed by atoms with Gasteiger partial charge in [0.1, 0.15) is 11.5 Å². The highest BCUT2D eigenvalue weighted by Gasteiger charge is 2.36. The molecule has 1 unspecified atom stereocenters. The molecule has 0 bridgehead atoms. The summed E-state index contributed by atoms with van der Waals surface area (Å²) in [5.41, 5.74) is 2.71. The molecule has 2 aromatic carbocycles. The number of ether oxygens (including phenoxy) is 3. The Hall–Kier alpha value is -3.06. The summed E-state index contributed by atoms with van der Waals surface area (Å²) in [6, 6.07) is 13.2. The largest absolute Gasteiger partial charge is 0.497 e. The van der Waals surface area contributed by atoms with E-state index in [9.17, 15) is 9.59 Å². The Morgan fingerprint density at radius 1 is 1.10 bits per heavy atom. The fraction of sp³-hybridized carbons (Fsp3) is 0.391. The first kappa shape index (κ1) is 21.6. The molecule has 0 spiro atoms. The summed E-state index contributed by atoms with van der Waals surface area (Å²) in [7, 11) is 3.12. The molecule has 0 aromatic heterocycles. The van der Waals surface area contributed by atoms with E-state index in [1.165, 1.54) is 0 Å². The van der Waals surface area contributed by atoms with E-state index < -0.39 is 5.92 Å². The monoisotopic (exact) mass is 412 g/mol. The molecule has 160 valence electrons. The predicted molar refractivity (Wildman–Crippen MR) is 114 cm³/mol. The van der Waals surface area contributed by atoms with E-state index in [-0.39, 0.29) is 18.2 Å². The van der Waals surface area contributed by atoms with E-state index in [2.05, 4.69) is 5.32 Å². The second-order valence-electron chi connectivity index (χ2n) is 7.11. The quantitative estimate of drug-likeness (QED) is 0.685. The highest BCUT2D eigenvalue weighted by molar-refractivity contribution is 6.01. The molecular weight excluding hydrogens is 384 g/mol. The number of hydrogen-bond donors (Lipinski definition) is 1. The number of anilines is 1. The van der Waals surface area contributed by atoms with Crippen LogP contribution in [0.25, 0.3) is 0 Å². The summed E-state index contributed by atoms with van der Waals surface area (Å²) in [5, 5.41) is 2.94. The van der Waals surface area contributed by atoms with Crippen LogP contribution in [0.1, 0.15) is 24.5 Å². The number of hydrogen-bond acceptors (Lipinski definition) is 5. The minimum Gasteiger partial charge on any atom is -0.497 e. The summed E-state index contributed by atoms with van der Waals surface area (Å²) in [6.07, 6.45) is 0.166. The lowest BCUT2D eigenvalue weighted by molar-refractivity contribution is -0.126. The number of nitrogens with zero attached hydrogens (tertiary/aromatic N) is 1. The number of methoxy groups -OCH3 is 2. The van der Waals surface area contributed by atoms with Gasteiger partial charge in [-0.3, -0.25) is 9.59 Å². The Morgan fingerprint density at radius 3 is 2.50 bits per heavy atom. The van der Waals surface area contributed by atoms with Crippen molar-refractivity contribution < 1.29 is 23.8 Å². The van der Waals surface area contributed by atoms with E-state index in [0.29, 0.717) is 43.5 Å². The second kappa shape index (κ2) is 10.1. The topological polar surface area (TPSA) is 77.1 Å². The Bertz CT molecular complexity index is 882. The Morgan fingerprint density at radius 2 is 1.83 bits per heavy atom. The van der Waals surface area contributed by atoms with Crippen LogP contribution < -0.4 is 19.7 Å². The molecule has 7 heteroatoms. The first-order valence-corrected chi connectivity index (χ1v) is 10.0. The van der Waals surface area contributed by atoms with Crippen LogP contribution in [-0.4, -0.2) is 39.2 Å². The Labute approximate surface area is 176 Å². The van der Waals surface area contributed by atoms with E-state index >= 15 is 0 Å². The number of benzene rings is 2. The molecule has 2 aromatic rings. The molecular formula is C23H28N2O5. The maximum absolute atomic E-state index is 12.7. The van der Waals surface area contributed by atoms with E-state index in [1.807, 2.05) is 31.2 Å². The van der Waals surface area contributed by atoms with Crippen LogP contribution in [0.15, 0.2) is 42.5 Å². The molecule has 1 saturated heterocycles. The van der Waals surface area contributed by atoms with Crippen LogP contribution >= 0.6 is 0 Å². The smallest absolute Gasteiger partial charge is 0.227 e. The highest BCUT2D eigenvalue weighted by Crippen LogP contribution is 2.36. The van der Waals surface area contributed by atoms with Crippen LogP contribution in [0.3, 0.4) is 0 Å². The number of rotatable bonds is 9. The van der Waals surface area contributed by atoms with Gasteiger partial charge in [-0.2, -0.15) is 0 Å². The maximum atomic E-state index is 12.7. The van der Waals surface area contributed by atoms with Gasteiger partial charge in [-0.15, -0.1) is 0 Å². The Kier molecular flexibility index (Phi) is 7.30. The average Bonchev–Trinajstić information content (AvgIpc) is 3.17. The molecule has 1 aliphatic rings. The number of carbonyl (C=O) groups excluding carboxylic acids is 2. The van der Waals surface area contributed by atoms with Gasteiger partial charge in [-0.25, -0.2) is 0 Å². The van der Waals surface area contributed by atoms with Gasteiger partial charge in [-0.05, 0) is 30.2 Å². The first-order chi connectivity index (χ1) is 14.5. The summed E-state index contributed by atoms with van der Waals surface area (Å²) >= 11 is 0. The molecule has 1 N–H and O–H groups in total. The standard InChI is InChI=1S/C23H28N2O5/c1-4-30-15-17-7-5-16(6-8-17)13-24-23(27)18-11-22(26)25(14-18)20-12-19(28-2)9-10-21(20)29-3/h5-10,12,18H,4,11,13-15H2,1-3H3,(H,24,27). The normalized spacial score (nSPS) is 15.9. The zero-order chi connectivity index (χ0) is 21.5. The predicted octanol–water partition coefficient (Wildman–Crippen LogP) is 2.91. The molecule has 30 heavy (non-hydrogen) atoms. The molecule has 1 fully saturated rings. The van der Waals surface area contributed by atoms with Gasteiger partial charge in [0.2, 0.25) is 11.8 Å². The highest BCUT2D eigenvalue weighted by atomic mass is 16.5. The van der Waals surface area contributed by atoms with Crippen molar-refractivity contribution in [3.8, 4) is 11.5 Å². The van der Waals surface area contributed by atoms with Crippen LogP contribution in [0.4, 0.5) is 5.69 Å². The van der Waals surface area contributed by atoms with Gasteiger partial charge in [-0.1, -0.05) is 24.3 Å². The van der Waals surface area contributed by atoms with Crippen molar-refractivity contribution in [3.63, 3.8) is 0 Å². The molecule has 0 aliphatic carbocycles. The van der Waals surface area contributed by atoms with Crippen molar-refractivity contribution in [1.29, 1.82) is 0 Å². The lowest BCUT2D eigenvalue weighted by atomic mass is 10.1. The van der Waals surface area contributed by atoms with Crippen molar-refractivity contribution in [3.05, 3.63) is 53.6 Å². The average molecular weight is 412 g/mol. The third-order valence-electron chi connectivity index (χ3n) is 5.14. The fourth-order valence-electron chi connectivity index (χ4n) is 3.43. The van der Waals surface area contributed by atoms with Gasteiger partial charge in [0, 0.05) is 32.2 Å². The van der Waals surface area contributed by atoms with Crippen molar-refractivity contribution in [2.45, 2.75) is 26.5 Å². The second-order valence-corrected chi connectivity index (χ2v) is 7.11. The van der Waals surface area contributed by atoms with Crippen LogP contribution in [0.5, 0.6) is 11.5 Å².